The van der Waals surface area contributed by atoms with Crippen molar-refractivity contribution in [2.24, 2.45) is 0 Å². The number of carbonyl (C=O) groups excluding carboxylic acids is 4. The predicted molar refractivity (Wildman–Crippen MR) is 183 cm³/mol. The van der Waals surface area contributed by atoms with E-state index in [0.717, 1.165) is 0 Å². The number of ether oxygens (including phenoxy) is 2. The van der Waals surface area contributed by atoms with E-state index in [2.05, 4.69) is 86.3 Å². The van der Waals surface area contributed by atoms with Gasteiger partial charge in [0, 0.05) is 12.0 Å². The maximum Gasteiger partial charge on any atom is 0.333 e. The lowest BCUT2D eigenvalue weighted by Gasteiger charge is -1.88. The summed E-state index contributed by atoms with van der Waals surface area (Å²) in [5.74, 6) is 8.93. The van der Waals surface area contributed by atoms with E-state index < -0.39 is 0 Å². The Morgan fingerprint density at radius 1 is 1.02 bits per heavy atom. The zero-order valence-electron chi connectivity index (χ0n) is 28.4. The summed E-state index contributed by atoms with van der Waals surface area (Å²) in [4.78, 5) is 40.1. The number of terminal acetylenes is 2. The Labute approximate surface area is 259 Å². The molecule has 0 bridgehead atoms. The van der Waals surface area contributed by atoms with Gasteiger partial charge < -0.3 is 9.47 Å². The Morgan fingerprint density at radius 3 is 1.43 bits per heavy atom. The van der Waals surface area contributed by atoms with Gasteiger partial charge in [-0.3, -0.25) is 14.4 Å². The Kier molecular flexibility index (Phi) is 83.5. The van der Waals surface area contributed by atoms with Gasteiger partial charge >= 0.3 is 11.9 Å². The predicted octanol–water partition coefficient (Wildman–Crippen LogP) is 8.45. The minimum Gasteiger partial charge on any atom is -0.469 e. The molecule has 0 atom stereocenters. The molecule has 0 N–H and O–H groups in total. The van der Waals surface area contributed by atoms with Crippen LogP contribution in [0.1, 0.15) is 94.9 Å². The molecule has 0 unspecified atom stereocenters. The van der Waals surface area contributed by atoms with E-state index in [-0.39, 0.29) is 23.5 Å². The second kappa shape index (κ2) is 60.9. The van der Waals surface area contributed by atoms with Crippen molar-refractivity contribution in [1.29, 1.82) is 0 Å². The van der Waals surface area contributed by atoms with Crippen molar-refractivity contribution < 1.29 is 28.7 Å². The number of carbonyl (C=O) groups is 4. The average Bonchev–Trinajstić information content (AvgIpc) is 3.34. The topological polar surface area (TPSA) is 86.7 Å². The molecule has 6 nitrogen and oxygen atoms in total. The molecular formula is C36H58O6. The summed E-state index contributed by atoms with van der Waals surface area (Å²) in [6.45, 7) is 35.6. The minimum atomic E-state index is -0.241. The van der Waals surface area contributed by atoms with E-state index >= 15 is 0 Å². The van der Waals surface area contributed by atoms with Crippen LogP contribution in [0.2, 0.25) is 0 Å². The van der Waals surface area contributed by atoms with Gasteiger partial charge in [0.15, 0.2) is 11.6 Å². The Hall–Kier alpha value is -4.34. The largest absolute Gasteiger partial charge is 0.469 e. The molecule has 0 radical (unpaired) electrons. The molecule has 42 heavy (non-hydrogen) atoms. The van der Waals surface area contributed by atoms with Crippen LogP contribution in [0.25, 0.3) is 0 Å². The van der Waals surface area contributed by atoms with E-state index in [4.69, 9.17) is 6.42 Å². The van der Waals surface area contributed by atoms with E-state index in [1.54, 1.807) is 26.8 Å². The highest BCUT2D eigenvalue weighted by atomic mass is 16.5. The van der Waals surface area contributed by atoms with Crippen LogP contribution in [0.15, 0.2) is 62.3 Å². The lowest BCUT2D eigenvalue weighted by molar-refractivity contribution is -0.139. The fourth-order valence-electron chi connectivity index (χ4n) is 0.744. The van der Waals surface area contributed by atoms with Gasteiger partial charge in [0.2, 0.25) is 0 Å². The molecule has 0 aromatic carbocycles. The fourth-order valence-corrected chi connectivity index (χ4v) is 0.744. The number of Topliss-reactive ketones (excluding diaryl/α,β-unsaturated/α-hetero) is 1. The number of esters is 2. The smallest absolute Gasteiger partial charge is 0.333 e. The molecule has 1 saturated heterocycles. The molecule has 0 saturated carbocycles. The maximum atomic E-state index is 10.3. The molecule has 1 heterocycles. The van der Waals surface area contributed by atoms with Gasteiger partial charge in [0.05, 0.1) is 20.1 Å². The van der Waals surface area contributed by atoms with Crippen molar-refractivity contribution >= 4 is 23.5 Å². The zero-order valence-corrected chi connectivity index (χ0v) is 28.4. The van der Waals surface area contributed by atoms with Crippen LogP contribution >= 0.6 is 0 Å². The van der Waals surface area contributed by atoms with E-state index in [1.807, 2.05) is 20.8 Å². The average molecular weight is 587 g/mol. The number of hydrogen-bond acceptors (Lipinski definition) is 6. The summed E-state index contributed by atoms with van der Waals surface area (Å²) in [5.41, 5.74) is 1.22. The van der Waals surface area contributed by atoms with E-state index in [0.29, 0.717) is 30.6 Å². The van der Waals surface area contributed by atoms with Crippen LogP contribution in [0.5, 0.6) is 0 Å². The normalized spacial score (nSPS) is 8.21. The van der Waals surface area contributed by atoms with Gasteiger partial charge in [-0.2, -0.15) is 0 Å². The quantitative estimate of drug-likeness (QED) is 0.139. The first kappa shape index (κ1) is 57.5. The second-order valence-corrected chi connectivity index (χ2v) is 6.93. The highest BCUT2D eigenvalue weighted by molar-refractivity contribution is 5.91. The van der Waals surface area contributed by atoms with Crippen molar-refractivity contribution in [2.45, 2.75) is 94.9 Å². The van der Waals surface area contributed by atoms with Crippen LogP contribution in [-0.2, 0) is 28.7 Å². The molecule has 6 heteroatoms. The van der Waals surface area contributed by atoms with Crippen molar-refractivity contribution in [3.63, 3.8) is 0 Å². The van der Waals surface area contributed by atoms with Crippen LogP contribution < -0.4 is 0 Å². The highest BCUT2D eigenvalue weighted by Gasteiger charge is 2.14. The lowest BCUT2D eigenvalue weighted by Crippen LogP contribution is -1.95. The van der Waals surface area contributed by atoms with Crippen molar-refractivity contribution in [1.82, 2.24) is 0 Å². The second-order valence-electron chi connectivity index (χ2n) is 6.93. The molecular weight excluding hydrogens is 528 g/mol. The van der Waals surface area contributed by atoms with Crippen LogP contribution in [-0.4, -0.2) is 37.2 Å². The molecule has 0 spiro atoms. The summed E-state index contributed by atoms with van der Waals surface area (Å²) in [6, 6.07) is 0. The van der Waals surface area contributed by atoms with Gasteiger partial charge in [0.1, 0.15) is 0 Å². The van der Waals surface area contributed by atoms with Crippen molar-refractivity contribution in [3.05, 3.63) is 62.3 Å². The first-order valence-corrected chi connectivity index (χ1v) is 13.3. The Balaban J connectivity index is -0.0000000529. The van der Waals surface area contributed by atoms with Crippen LogP contribution in [0.4, 0.5) is 0 Å². The fraction of sp³-hybridized carbons (Fsp3) is 0.444. The summed E-state index contributed by atoms with van der Waals surface area (Å²) in [5, 5.41) is 0. The van der Waals surface area contributed by atoms with Crippen molar-refractivity contribution in [2.75, 3.05) is 13.7 Å². The Morgan fingerprint density at radius 2 is 1.38 bits per heavy atom. The number of cyclic esters (lactones) is 1. The maximum absolute atomic E-state index is 10.3. The first-order chi connectivity index (χ1) is 19.7. The lowest BCUT2D eigenvalue weighted by atomic mass is 10.3. The summed E-state index contributed by atoms with van der Waals surface area (Å²) in [7, 11) is 1.35. The van der Waals surface area contributed by atoms with Crippen LogP contribution in [0.3, 0.4) is 0 Å². The first-order valence-electron chi connectivity index (χ1n) is 13.3. The SMILES string of the molecule is C#CC.C#CC#CC.C=C(C)C(C)=O.C=C1CCOC1=O.C=CC.C=CC(C)=O.C=CCC(=O)OC.CC.CCCC. The molecule has 0 aliphatic carbocycles. The zero-order chi connectivity index (χ0) is 35.4. The molecule has 238 valence electrons. The summed E-state index contributed by atoms with van der Waals surface area (Å²) in [6.07, 6.45) is 17.5. The van der Waals surface area contributed by atoms with Crippen molar-refractivity contribution in [3.8, 4) is 36.5 Å². The highest BCUT2D eigenvalue weighted by Crippen LogP contribution is 2.08. The number of methoxy groups -OCH3 is 1. The van der Waals surface area contributed by atoms with Gasteiger partial charge in [-0.15, -0.1) is 31.9 Å². The number of ketones is 2. The van der Waals surface area contributed by atoms with Gasteiger partial charge in [0.25, 0.3) is 0 Å². The third-order valence-corrected chi connectivity index (χ3v) is 3.05. The van der Waals surface area contributed by atoms with Crippen LogP contribution in [0, 0.1) is 36.5 Å². The summed E-state index contributed by atoms with van der Waals surface area (Å²) < 4.78 is 8.81. The molecule has 1 rings (SSSR count). The number of unbranched alkanes of at least 4 members (excludes halogenated alkanes) is 1. The molecule has 0 aromatic rings. The third kappa shape index (κ3) is 111. The molecule has 1 aliphatic heterocycles. The molecule has 1 fully saturated rings. The van der Waals surface area contributed by atoms with Gasteiger partial charge in [-0.25, -0.2) is 4.79 Å². The number of hydrogen-bond donors (Lipinski definition) is 0. The Bertz CT molecular complexity index is 837. The minimum absolute atomic E-state index is 0.0185. The monoisotopic (exact) mass is 586 g/mol. The number of rotatable bonds is 5. The van der Waals surface area contributed by atoms with Gasteiger partial charge in [-0.1, -0.05) is 78.3 Å². The van der Waals surface area contributed by atoms with E-state index in [1.165, 1.54) is 46.0 Å². The molecule has 1 aliphatic rings. The van der Waals surface area contributed by atoms with E-state index in [9.17, 15) is 19.2 Å². The van der Waals surface area contributed by atoms with Gasteiger partial charge in [-0.05, 0) is 65.0 Å². The third-order valence-electron chi connectivity index (χ3n) is 3.05. The number of allylic oxidation sites excluding steroid dienone is 3. The standard InChI is InChI=1S/C5H6O2.C5H8O2.C5H8O.C5H4.C4H6O.C4H10.C3H6.C3H4.C2H6/c1-4-2-3-7-5(4)6;1-3-4-5(6)7-2;1-4(2)5(3)6;1-3-5-4-2;1-3-4(2)5;1-3-4-2;2*1-3-2;1-2/h1-3H2;3H,1,4H2,2H3;1H2,2-3H3;1H,2H3;3H,1H2,2H3;3-4H2,1-2H3;3H,1H2,2H3;1H,2H3;1-2H3. The molecule has 0 aromatic heterocycles. The summed E-state index contributed by atoms with van der Waals surface area (Å²) >= 11 is 0. The molecule has 0 amide bonds.